The molecule has 32 heavy (non-hydrogen) atoms. The molecule has 4 rings (SSSR count). The third-order valence-corrected chi connectivity index (χ3v) is 5.89. The molecule has 1 fully saturated rings. The van der Waals surface area contributed by atoms with E-state index in [4.69, 9.17) is 4.74 Å². The number of carbonyl (C=O) groups excluding carboxylic acids is 1. The van der Waals surface area contributed by atoms with Crippen molar-refractivity contribution in [1.29, 1.82) is 0 Å². The normalized spacial score (nSPS) is 16.0. The van der Waals surface area contributed by atoms with Crippen LogP contribution < -0.4 is 10.1 Å². The molecule has 5 nitrogen and oxygen atoms in total. The van der Waals surface area contributed by atoms with Gasteiger partial charge in [0.05, 0.1) is 0 Å². The molecule has 0 aliphatic carbocycles. The second-order valence-electron chi connectivity index (χ2n) is 8.18. The van der Waals surface area contributed by atoms with Crippen LogP contribution in [0.2, 0.25) is 0 Å². The Hall–Kier alpha value is -3.31. The van der Waals surface area contributed by atoms with Crippen molar-refractivity contribution >= 4 is 11.7 Å². The van der Waals surface area contributed by atoms with Crippen LogP contribution in [-0.4, -0.2) is 41.5 Å². The van der Waals surface area contributed by atoms with Gasteiger partial charge >= 0.3 is 6.03 Å². The van der Waals surface area contributed by atoms with Gasteiger partial charge in [0.2, 0.25) is 0 Å². The monoisotopic (exact) mass is 429 g/mol. The highest BCUT2D eigenvalue weighted by Gasteiger charge is 2.29. The first-order chi connectivity index (χ1) is 15.7. The molecule has 1 N–H and O–H groups in total. The van der Waals surface area contributed by atoms with Crippen LogP contribution in [0.3, 0.4) is 0 Å². The Kier molecular flexibility index (Phi) is 7.41. The van der Waals surface area contributed by atoms with Gasteiger partial charge in [-0.05, 0) is 48.7 Å². The van der Waals surface area contributed by atoms with Crippen LogP contribution in [0.1, 0.15) is 24.5 Å². The SMILES string of the molecule is CCN(C(=O)Nc1ccc(OCc2ccccc2)cc1)C1CCN(Cc2ccccc2)C1. The Bertz CT molecular complexity index is 977. The molecule has 0 saturated carbocycles. The smallest absolute Gasteiger partial charge is 0.322 e. The Balaban J connectivity index is 1.28. The number of urea groups is 1. The number of ether oxygens (including phenoxy) is 1. The summed E-state index contributed by atoms with van der Waals surface area (Å²) in [4.78, 5) is 17.3. The van der Waals surface area contributed by atoms with Crippen molar-refractivity contribution in [3.63, 3.8) is 0 Å². The van der Waals surface area contributed by atoms with Crippen molar-refractivity contribution in [3.05, 3.63) is 96.1 Å². The number of carbonyl (C=O) groups is 1. The summed E-state index contributed by atoms with van der Waals surface area (Å²) < 4.78 is 5.83. The van der Waals surface area contributed by atoms with E-state index in [-0.39, 0.29) is 12.1 Å². The van der Waals surface area contributed by atoms with Gasteiger partial charge in [0, 0.05) is 37.9 Å². The number of benzene rings is 3. The molecule has 166 valence electrons. The number of hydrogen-bond acceptors (Lipinski definition) is 3. The average molecular weight is 430 g/mol. The van der Waals surface area contributed by atoms with Gasteiger partial charge in [-0.3, -0.25) is 4.90 Å². The Labute approximate surface area is 190 Å². The Morgan fingerprint density at radius 2 is 1.62 bits per heavy atom. The molecular weight excluding hydrogens is 398 g/mol. The van der Waals surface area contributed by atoms with E-state index < -0.39 is 0 Å². The van der Waals surface area contributed by atoms with Crippen LogP contribution in [0.25, 0.3) is 0 Å². The first-order valence-electron chi connectivity index (χ1n) is 11.3. The first kappa shape index (κ1) is 21.9. The van der Waals surface area contributed by atoms with Gasteiger partial charge in [0.25, 0.3) is 0 Å². The molecule has 2 amide bonds. The summed E-state index contributed by atoms with van der Waals surface area (Å²) in [6.45, 7) is 6.10. The van der Waals surface area contributed by atoms with Crippen molar-refractivity contribution in [3.8, 4) is 5.75 Å². The summed E-state index contributed by atoms with van der Waals surface area (Å²) in [6, 6.07) is 28.3. The summed E-state index contributed by atoms with van der Waals surface area (Å²) in [7, 11) is 0. The van der Waals surface area contributed by atoms with Crippen LogP contribution in [0.15, 0.2) is 84.9 Å². The lowest BCUT2D eigenvalue weighted by Crippen LogP contribution is -2.44. The summed E-state index contributed by atoms with van der Waals surface area (Å²) in [5.74, 6) is 0.784. The molecule has 0 aromatic heterocycles. The number of nitrogens with zero attached hydrogens (tertiary/aromatic N) is 2. The van der Waals surface area contributed by atoms with Crippen LogP contribution in [0.4, 0.5) is 10.5 Å². The molecule has 1 atom stereocenters. The molecular formula is C27H31N3O2. The van der Waals surface area contributed by atoms with E-state index >= 15 is 0 Å². The zero-order valence-corrected chi connectivity index (χ0v) is 18.6. The summed E-state index contributed by atoms with van der Waals surface area (Å²) in [5, 5.41) is 3.05. The fraction of sp³-hybridized carbons (Fsp3) is 0.296. The number of likely N-dealkylation sites (N-methyl/N-ethyl adjacent to an activating group) is 1. The predicted molar refractivity (Wildman–Crippen MR) is 129 cm³/mol. The number of rotatable bonds is 8. The van der Waals surface area contributed by atoms with Gasteiger partial charge in [-0.15, -0.1) is 0 Å². The first-order valence-corrected chi connectivity index (χ1v) is 11.3. The second-order valence-corrected chi connectivity index (χ2v) is 8.18. The van der Waals surface area contributed by atoms with Crippen LogP contribution >= 0.6 is 0 Å². The third kappa shape index (κ3) is 5.89. The van der Waals surface area contributed by atoms with E-state index in [1.54, 1.807) is 0 Å². The minimum atomic E-state index is -0.0444. The van der Waals surface area contributed by atoms with E-state index in [0.29, 0.717) is 13.2 Å². The van der Waals surface area contributed by atoms with Crippen molar-refractivity contribution in [2.75, 3.05) is 25.0 Å². The zero-order chi connectivity index (χ0) is 22.2. The highest BCUT2D eigenvalue weighted by molar-refractivity contribution is 5.89. The molecule has 1 aliphatic heterocycles. The predicted octanol–water partition coefficient (Wildman–Crippen LogP) is 5.39. The van der Waals surface area contributed by atoms with E-state index in [9.17, 15) is 4.79 Å². The van der Waals surface area contributed by atoms with Crippen molar-refractivity contribution in [2.45, 2.75) is 32.5 Å². The summed E-state index contributed by atoms with van der Waals surface area (Å²) in [6.07, 6.45) is 1.00. The van der Waals surface area contributed by atoms with Gasteiger partial charge in [-0.2, -0.15) is 0 Å². The van der Waals surface area contributed by atoms with E-state index in [2.05, 4.69) is 34.5 Å². The Morgan fingerprint density at radius 1 is 0.969 bits per heavy atom. The number of nitrogens with one attached hydrogen (secondary N) is 1. The summed E-state index contributed by atoms with van der Waals surface area (Å²) >= 11 is 0. The van der Waals surface area contributed by atoms with E-state index in [1.807, 2.05) is 72.5 Å². The molecule has 3 aromatic carbocycles. The van der Waals surface area contributed by atoms with Gasteiger partial charge < -0.3 is 15.0 Å². The Morgan fingerprint density at radius 3 is 2.28 bits per heavy atom. The highest BCUT2D eigenvalue weighted by Crippen LogP contribution is 2.21. The van der Waals surface area contributed by atoms with E-state index in [0.717, 1.165) is 43.1 Å². The van der Waals surface area contributed by atoms with Gasteiger partial charge in [0.1, 0.15) is 12.4 Å². The molecule has 0 radical (unpaired) electrons. The summed E-state index contributed by atoms with van der Waals surface area (Å²) in [5.41, 5.74) is 3.22. The van der Waals surface area contributed by atoms with E-state index in [1.165, 1.54) is 5.56 Å². The maximum absolute atomic E-state index is 13.0. The second kappa shape index (κ2) is 10.8. The highest BCUT2D eigenvalue weighted by atomic mass is 16.5. The van der Waals surface area contributed by atoms with Gasteiger partial charge in [-0.1, -0.05) is 60.7 Å². The molecule has 5 heteroatoms. The van der Waals surface area contributed by atoms with Crippen molar-refractivity contribution in [2.24, 2.45) is 0 Å². The number of amides is 2. The molecule has 0 bridgehead atoms. The van der Waals surface area contributed by atoms with Crippen LogP contribution in [0.5, 0.6) is 5.75 Å². The molecule has 0 spiro atoms. The topological polar surface area (TPSA) is 44.8 Å². The quantitative estimate of drug-likeness (QED) is 0.522. The maximum Gasteiger partial charge on any atom is 0.322 e. The number of hydrogen-bond donors (Lipinski definition) is 1. The van der Waals surface area contributed by atoms with Crippen molar-refractivity contribution < 1.29 is 9.53 Å². The van der Waals surface area contributed by atoms with Crippen LogP contribution in [0, 0.1) is 0 Å². The zero-order valence-electron chi connectivity index (χ0n) is 18.6. The largest absolute Gasteiger partial charge is 0.489 e. The molecule has 1 saturated heterocycles. The van der Waals surface area contributed by atoms with Gasteiger partial charge in [0.15, 0.2) is 0 Å². The van der Waals surface area contributed by atoms with Crippen molar-refractivity contribution in [1.82, 2.24) is 9.80 Å². The number of anilines is 1. The molecule has 1 aliphatic rings. The minimum absolute atomic E-state index is 0.0444. The standard InChI is InChI=1S/C27H31N3O2/c1-2-30(25-17-18-29(20-25)19-22-9-5-3-6-10-22)27(31)28-24-13-15-26(16-14-24)32-21-23-11-7-4-8-12-23/h3-16,25H,2,17-21H2,1H3,(H,28,31). The van der Waals surface area contributed by atoms with Crippen LogP contribution in [-0.2, 0) is 13.2 Å². The average Bonchev–Trinajstić information content (AvgIpc) is 3.28. The fourth-order valence-corrected chi connectivity index (χ4v) is 4.19. The lowest BCUT2D eigenvalue weighted by molar-refractivity contribution is 0.189. The maximum atomic E-state index is 13.0. The number of likely N-dealkylation sites (tertiary alicyclic amines) is 1. The lowest BCUT2D eigenvalue weighted by Gasteiger charge is -2.28. The fourth-order valence-electron chi connectivity index (χ4n) is 4.19. The van der Waals surface area contributed by atoms with Gasteiger partial charge in [-0.25, -0.2) is 4.79 Å². The molecule has 1 unspecified atom stereocenters. The lowest BCUT2D eigenvalue weighted by atomic mass is 10.2. The minimum Gasteiger partial charge on any atom is -0.489 e. The molecule has 1 heterocycles. The third-order valence-electron chi connectivity index (χ3n) is 5.89. The molecule has 3 aromatic rings.